The molecule has 4 nitrogen and oxygen atoms in total. The van der Waals surface area contributed by atoms with Gasteiger partial charge < -0.3 is 9.64 Å². The molecule has 0 fully saturated rings. The number of para-hydroxylation sites is 1. The van der Waals surface area contributed by atoms with Crippen LogP contribution >= 0.6 is 0 Å². The monoisotopic (exact) mass is 281 g/mol. The van der Waals surface area contributed by atoms with Gasteiger partial charge in [-0.2, -0.15) is 0 Å². The first kappa shape index (κ1) is 13.4. The number of likely N-dealkylation sites (N-methyl/N-ethyl adjacent to an activating group) is 1. The summed E-state index contributed by atoms with van der Waals surface area (Å²) in [6.45, 7) is 0. The van der Waals surface area contributed by atoms with Crippen LogP contribution in [-0.2, 0) is 9.53 Å². The molecule has 1 heterocycles. The van der Waals surface area contributed by atoms with Gasteiger partial charge in [0.05, 0.1) is 18.6 Å². The second-order valence-corrected chi connectivity index (χ2v) is 5.00. The SMILES string of the molecule is COC(=O)c1ccc(C2C(=O)N(C)c3ccccc32)cc1. The highest BCUT2D eigenvalue weighted by atomic mass is 16.5. The molecule has 0 saturated heterocycles. The first-order valence-electron chi connectivity index (χ1n) is 6.68. The summed E-state index contributed by atoms with van der Waals surface area (Å²) in [5, 5.41) is 0. The second-order valence-electron chi connectivity index (χ2n) is 5.00. The summed E-state index contributed by atoms with van der Waals surface area (Å²) in [5.41, 5.74) is 3.29. The third-order valence-electron chi connectivity index (χ3n) is 3.85. The molecule has 3 rings (SSSR count). The van der Waals surface area contributed by atoms with Crippen molar-refractivity contribution in [3.05, 3.63) is 65.2 Å². The van der Waals surface area contributed by atoms with Crippen LogP contribution in [0.4, 0.5) is 5.69 Å². The van der Waals surface area contributed by atoms with Gasteiger partial charge in [-0.05, 0) is 29.3 Å². The normalized spacial score (nSPS) is 16.8. The van der Waals surface area contributed by atoms with E-state index in [1.807, 2.05) is 36.4 Å². The van der Waals surface area contributed by atoms with Gasteiger partial charge in [0, 0.05) is 12.7 Å². The van der Waals surface area contributed by atoms with Crippen LogP contribution in [0.3, 0.4) is 0 Å². The zero-order valence-corrected chi connectivity index (χ0v) is 11.9. The zero-order valence-electron chi connectivity index (χ0n) is 11.9. The molecule has 106 valence electrons. The molecule has 1 aliphatic heterocycles. The molecule has 1 unspecified atom stereocenters. The molecule has 1 amide bonds. The van der Waals surface area contributed by atoms with Crippen molar-refractivity contribution in [2.24, 2.45) is 0 Å². The van der Waals surface area contributed by atoms with Crippen molar-refractivity contribution in [3.8, 4) is 0 Å². The minimum atomic E-state index is -0.378. The fourth-order valence-electron chi connectivity index (χ4n) is 2.73. The molecule has 0 aliphatic carbocycles. The molecule has 1 aliphatic rings. The lowest BCUT2D eigenvalue weighted by atomic mass is 9.92. The van der Waals surface area contributed by atoms with E-state index in [1.165, 1.54) is 7.11 Å². The van der Waals surface area contributed by atoms with Gasteiger partial charge in [0.2, 0.25) is 5.91 Å². The Labute approximate surface area is 123 Å². The lowest BCUT2D eigenvalue weighted by Gasteiger charge is -2.12. The maximum Gasteiger partial charge on any atom is 0.337 e. The van der Waals surface area contributed by atoms with E-state index in [1.54, 1.807) is 24.1 Å². The van der Waals surface area contributed by atoms with E-state index < -0.39 is 0 Å². The maximum atomic E-state index is 12.5. The minimum Gasteiger partial charge on any atom is -0.465 e. The predicted octanol–water partition coefficient (Wildman–Crippen LogP) is 2.58. The van der Waals surface area contributed by atoms with Gasteiger partial charge in [-0.1, -0.05) is 30.3 Å². The molecule has 0 saturated carbocycles. The number of nitrogens with zero attached hydrogens (tertiary/aromatic N) is 1. The number of rotatable bonds is 2. The zero-order chi connectivity index (χ0) is 15.0. The first-order chi connectivity index (χ1) is 10.1. The standard InChI is InChI=1S/C17H15NO3/c1-18-14-6-4-3-5-13(14)15(16(18)19)11-7-9-12(10-8-11)17(20)21-2/h3-10,15H,1-2H3. The van der Waals surface area contributed by atoms with Gasteiger partial charge in [0.1, 0.15) is 0 Å². The van der Waals surface area contributed by atoms with Gasteiger partial charge in [-0.25, -0.2) is 4.79 Å². The van der Waals surface area contributed by atoms with Crippen molar-refractivity contribution in [1.82, 2.24) is 0 Å². The lowest BCUT2D eigenvalue weighted by Crippen LogP contribution is -2.24. The number of methoxy groups -OCH3 is 1. The molecule has 4 heteroatoms. The topological polar surface area (TPSA) is 46.6 Å². The molecular formula is C17H15NO3. The Morgan fingerprint density at radius 2 is 1.76 bits per heavy atom. The number of carbonyl (C=O) groups is 2. The van der Waals surface area contributed by atoms with Crippen LogP contribution < -0.4 is 4.90 Å². The lowest BCUT2D eigenvalue weighted by molar-refractivity contribution is -0.118. The van der Waals surface area contributed by atoms with E-state index in [2.05, 4.69) is 4.74 Å². The summed E-state index contributed by atoms with van der Waals surface area (Å²) >= 11 is 0. The van der Waals surface area contributed by atoms with Crippen LogP contribution in [0.15, 0.2) is 48.5 Å². The number of amides is 1. The van der Waals surface area contributed by atoms with Crippen molar-refractivity contribution in [1.29, 1.82) is 0 Å². The van der Waals surface area contributed by atoms with Crippen LogP contribution in [0.2, 0.25) is 0 Å². The Balaban J connectivity index is 2.01. The number of ether oxygens (including phenoxy) is 1. The Hall–Kier alpha value is -2.62. The Bertz CT molecular complexity index is 706. The molecule has 2 aromatic rings. The second kappa shape index (κ2) is 5.05. The Kier molecular flexibility index (Phi) is 3.22. The molecule has 21 heavy (non-hydrogen) atoms. The fraction of sp³-hybridized carbons (Fsp3) is 0.176. The van der Waals surface area contributed by atoms with Crippen LogP contribution in [0, 0.1) is 0 Å². The smallest absolute Gasteiger partial charge is 0.337 e. The molecule has 1 atom stereocenters. The number of hydrogen-bond donors (Lipinski definition) is 0. The quantitative estimate of drug-likeness (QED) is 0.795. The highest BCUT2D eigenvalue weighted by molar-refractivity contribution is 6.06. The Morgan fingerprint density at radius 1 is 1.10 bits per heavy atom. The van der Waals surface area contributed by atoms with Crippen molar-refractivity contribution in [3.63, 3.8) is 0 Å². The van der Waals surface area contributed by atoms with E-state index in [-0.39, 0.29) is 17.8 Å². The van der Waals surface area contributed by atoms with E-state index in [0.717, 1.165) is 16.8 Å². The third kappa shape index (κ3) is 2.09. The van der Waals surface area contributed by atoms with Gasteiger partial charge in [0.15, 0.2) is 0 Å². The molecule has 2 aromatic carbocycles. The van der Waals surface area contributed by atoms with Crippen LogP contribution in [-0.4, -0.2) is 26.0 Å². The van der Waals surface area contributed by atoms with Crippen LogP contribution in [0.1, 0.15) is 27.4 Å². The summed E-state index contributed by atoms with van der Waals surface area (Å²) in [6.07, 6.45) is 0. The number of esters is 1. The van der Waals surface area contributed by atoms with Crippen molar-refractivity contribution < 1.29 is 14.3 Å². The average Bonchev–Trinajstić information content (AvgIpc) is 2.79. The number of carbonyl (C=O) groups excluding carboxylic acids is 2. The van der Waals surface area contributed by atoms with E-state index in [9.17, 15) is 9.59 Å². The Morgan fingerprint density at radius 3 is 2.43 bits per heavy atom. The van der Waals surface area contributed by atoms with Crippen LogP contribution in [0.25, 0.3) is 0 Å². The van der Waals surface area contributed by atoms with Crippen LogP contribution in [0.5, 0.6) is 0 Å². The van der Waals surface area contributed by atoms with E-state index in [4.69, 9.17) is 0 Å². The van der Waals surface area contributed by atoms with Gasteiger partial charge >= 0.3 is 5.97 Å². The highest BCUT2D eigenvalue weighted by Crippen LogP contribution is 2.40. The minimum absolute atomic E-state index is 0.0435. The van der Waals surface area contributed by atoms with Gasteiger partial charge in [-0.15, -0.1) is 0 Å². The molecule has 0 radical (unpaired) electrons. The molecule has 0 N–H and O–H groups in total. The summed E-state index contributed by atoms with van der Waals surface area (Å²) in [6, 6.07) is 14.8. The first-order valence-corrected chi connectivity index (χ1v) is 6.68. The van der Waals surface area contributed by atoms with E-state index >= 15 is 0 Å². The summed E-state index contributed by atoms with van der Waals surface area (Å²) in [4.78, 5) is 25.6. The predicted molar refractivity (Wildman–Crippen MR) is 79.5 cm³/mol. The van der Waals surface area contributed by atoms with Crippen molar-refractivity contribution in [2.45, 2.75) is 5.92 Å². The fourth-order valence-corrected chi connectivity index (χ4v) is 2.73. The third-order valence-corrected chi connectivity index (χ3v) is 3.85. The summed E-state index contributed by atoms with van der Waals surface area (Å²) in [7, 11) is 3.13. The van der Waals surface area contributed by atoms with Gasteiger partial charge in [-0.3, -0.25) is 4.79 Å². The largest absolute Gasteiger partial charge is 0.465 e. The summed E-state index contributed by atoms with van der Waals surface area (Å²) < 4.78 is 4.68. The highest BCUT2D eigenvalue weighted by Gasteiger charge is 2.35. The maximum absolute atomic E-state index is 12.5. The molecule has 0 aromatic heterocycles. The van der Waals surface area contributed by atoms with Crippen molar-refractivity contribution >= 4 is 17.6 Å². The number of fused-ring (bicyclic) bond motifs is 1. The molecular weight excluding hydrogens is 266 g/mol. The molecule has 0 spiro atoms. The summed E-state index contributed by atoms with van der Waals surface area (Å²) in [5.74, 6) is -0.642. The molecule has 0 bridgehead atoms. The van der Waals surface area contributed by atoms with Crippen molar-refractivity contribution in [2.75, 3.05) is 19.1 Å². The number of benzene rings is 2. The van der Waals surface area contributed by atoms with Gasteiger partial charge in [0.25, 0.3) is 0 Å². The van der Waals surface area contributed by atoms with E-state index in [0.29, 0.717) is 5.56 Å². The number of anilines is 1. The average molecular weight is 281 g/mol. The number of hydrogen-bond acceptors (Lipinski definition) is 3.